The number of anilines is 2. The SMILES string of the molecule is Cc1ccc(CN(CC(=O)Nc2cc(C(F)(F)F)ccc2N2CCOCC2)C(C)C)o1. The first kappa shape index (κ1) is 23.1. The molecule has 1 aromatic heterocycles. The number of hydrogen-bond donors (Lipinski definition) is 1. The Morgan fingerprint density at radius 2 is 1.90 bits per heavy atom. The molecule has 1 aliphatic rings. The molecule has 0 radical (unpaired) electrons. The lowest BCUT2D eigenvalue weighted by atomic mass is 10.1. The highest BCUT2D eigenvalue weighted by molar-refractivity contribution is 5.95. The van der Waals surface area contributed by atoms with E-state index in [1.807, 2.05) is 42.7 Å². The minimum atomic E-state index is -4.50. The smallest absolute Gasteiger partial charge is 0.416 e. The fourth-order valence-corrected chi connectivity index (χ4v) is 3.46. The number of halogens is 3. The second-order valence-corrected chi connectivity index (χ2v) is 7.89. The number of nitrogens with one attached hydrogen (secondary N) is 1. The zero-order valence-electron chi connectivity index (χ0n) is 18.0. The Bertz CT molecular complexity index is 890. The van der Waals surface area contributed by atoms with Gasteiger partial charge < -0.3 is 19.4 Å². The molecule has 0 unspecified atom stereocenters. The molecular formula is C22H28F3N3O3. The Hall–Kier alpha value is -2.52. The molecule has 0 bridgehead atoms. The zero-order chi connectivity index (χ0) is 22.6. The quantitative estimate of drug-likeness (QED) is 0.698. The molecule has 3 rings (SSSR count). The van der Waals surface area contributed by atoms with Gasteiger partial charge in [-0.2, -0.15) is 13.2 Å². The molecule has 1 aromatic carbocycles. The third kappa shape index (κ3) is 6.24. The summed E-state index contributed by atoms with van der Waals surface area (Å²) in [6.45, 7) is 8.26. The van der Waals surface area contributed by atoms with Crippen LogP contribution in [0.3, 0.4) is 0 Å². The number of rotatable bonds is 7. The fraction of sp³-hybridized carbons (Fsp3) is 0.500. The highest BCUT2D eigenvalue weighted by atomic mass is 19.4. The molecule has 1 saturated heterocycles. The largest absolute Gasteiger partial charge is 0.465 e. The third-order valence-corrected chi connectivity index (χ3v) is 5.18. The molecule has 6 nitrogen and oxygen atoms in total. The van der Waals surface area contributed by atoms with E-state index in [1.165, 1.54) is 6.07 Å². The van der Waals surface area contributed by atoms with E-state index >= 15 is 0 Å². The van der Waals surface area contributed by atoms with Crippen LogP contribution >= 0.6 is 0 Å². The average molecular weight is 439 g/mol. The van der Waals surface area contributed by atoms with Crippen LogP contribution in [0.4, 0.5) is 24.5 Å². The van der Waals surface area contributed by atoms with Crippen molar-refractivity contribution in [1.29, 1.82) is 0 Å². The number of morpholine rings is 1. The molecule has 0 saturated carbocycles. The molecule has 0 spiro atoms. The standard InChI is InChI=1S/C22H28F3N3O3/c1-15(2)28(13-18-6-4-16(3)31-18)14-21(29)26-19-12-17(22(23,24)25)5-7-20(19)27-8-10-30-11-9-27/h4-7,12,15H,8-11,13-14H2,1-3H3,(H,26,29). The molecule has 1 fully saturated rings. The van der Waals surface area contributed by atoms with Gasteiger partial charge in [-0.15, -0.1) is 0 Å². The number of ether oxygens (including phenoxy) is 1. The molecule has 1 amide bonds. The average Bonchev–Trinajstić information content (AvgIpc) is 3.12. The van der Waals surface area contributed by atoms with Crippen molar-refractivity contribution < 1.29 is 27.1 Å². The summed E-state index contributed by atoms with van der Waals surface area (Å²) >= 11 is 0. The van der Waals surface area contributed by atoms with Gasteiger partial charge in [0.2, 0.25) is 5.91 Å². The van der Waals surface area contributed by atoms with E-state index in [4.69, 9.17) is 9.15 Å². The van der Waals surface area contributed by atoms with Gasteiger partial charge in [-0.1, -0.05) is 0 Å². The highest BCUT2D eigenvalue weighted by Crippen LogP contribution is 2.35. The maximum absolute atomic E-state index is 13.3. The summed E-state index contributed by atoms with van der Waals surface area (Å²) in [4.78, 5) is 16.6. The fourth-order valence-electron chi connectivity index (χ4n) is 3.46. The van der Waals surface area contributed by atoms with Crippen LogP contribution in [0.2, 0.25) is 0 Å². The Morgan fingerprint density at radius 3 is 2.48 bits per heavy atom. The Kier molecular flexibility index (Phi) is 7.27. The van der Waals surface area contributed by atoms with E-state index in [-0.39, 0.29) is 24.2 Å². The number of aryl methyl sites for hydroxylation is 1. The van der Waals surface area contributed by atoms with Crippen LogP contribution < -0.4 is 10.2 Å². The van der Waals surface area contributed by atoms with Crippen LogP contribution in [0.25, 0.3) is 0 Å². The number of benzene rings is 1. The Labute approximate surface area is 179 Å². The summed E-state index contributed by atoms with van der Waals surface area (Å²) in [6.07, 6.45) is -4.50. The number of carbonyl (C=O) groups is 1. The minimum Gasteiger partial charge on any atom is -0.465 e. The lowest BCUT2D eigenvalue weighted by Gasteiger charge is -2.31. The van der Waals surface area contributed by atoms with Crippen LogP contribution in [0.5, 0.6) is 0 Å². The van der Waals surface area contributed by atoms with Crippen molar-refractivity contribution in [2.24, 2.45) is 0 Å². The van der Waals surface area contributed by atoms with Crippen molar-refractivity contribution in [3.8, 4) is 0 Å². The molecular weight excluding hydrogens is 411 g/mol. The summed E-state index contributed by atoms with van der Waals surface area (Å²) < 4.78 is 50.8. The van der Waals surface area contributed by atoms with Crippen LogP contribution in [0.15, 0.2) is 34.7 Å². The second-order valence-electron chi connectivity index (χ2n) is 7.89. The van der Waals surface area contributed by atoms with E-state index in [0.29, 0.717) is 38.5 Å². The predicted molar refractivity (Wildman–Crippen MR) is 112 cm³/mol. The number of amides is 1. The van der Waals surface area contributed by atoms with E-state index in [2.05, 4.69) is 5.32 Å². The van der Waals surface area contributed by atoms with Gasteiger partial charge >= 0.3 is 6.18 Å². The summed E-state index contributed by atoms with van der Waals surface area (Å²) in [7, 11) is 0. The topological polar surface area (TPSA) is 58.0 Å². The molecule has 0 atom stereocenters. The molecule has 1 N–H and O–H groups in total. The van der Waals surface area contributed by atoms with Gasteiger partial charge in [0.05, 0.1) is 43.2 Å². The van der Waals surface area contributed by atoms with Crippen molar-refractivity contribution >= 4 is 17.3 Å². The number of nitrogens with zero attached hydrogens (tertiary/aromatic N) is 2. The number of hydrogen-bond acceptors (Lipinski definition) is 5. The molecule has 9 heteroatoms. The summed E-state index contributed by atoms with van der Waals surface area (Å²) in [5.41, 5.74) is -0.0896. The van der Waals surface area contributed by atoms with Gasteiger partial charge in [-0.25, -0.2) is 0 Å². The van der Waals surface area contributed by atoms with Crippen molar-refractivity contribution in [2.75, 3.05) is 43.1 Å². The number of furan rings is 1. The zero-order valence-corrected chi connectivity index (χ0v) is 18.0. The monoisotopic (exact) mass is 439 g/mol. The van der Waals surface area contributed by atoms with Crippen LogP contribution in [-0.2, 0) is 22.3 Å². The van der Waals surface area contributed by atoms with Gasteiger partial charge in [-0.05, 0) is 51.1 Å². The number of carbonyl (C=O) groups excluding carboxylic acids is 1. The minimum absolute atomic E-state index is 0.0240. The number of alkyl halides is 3. The van der Waals surface area contributed by atoms with Crippen molar-refractivity contribution in [2.45, 2.75) is 39.5 Å². The summed E-state index contributed by atoms with van der Waals surface area (Å²) in [5, 5.41) is 2.70. The van der Waals surface area contributed by atoms with Gasteiger partial charge in [0.15, 0.2) is 0 Å². The maximum Gasteiger partial charge on any atom is 0.416 e. The highest BCUT2D eigenvalue weighted by Gasteiger charge is 2.32. The first-order valence-corrected chi connectivity index (χ1v) is 10.3. The Balaban J connectivity index is 1.78. The lowest BCUT2D eigenvalue weighted by molar-refractivity contribution is -0.137. The van der Waals surface area contributed by atoms with E-state index in [9.17, 15) is 18.0 Å². The maximum atomic E-state index is 13.3. The normalized spacial score (nSPS) is 15.0. The molecule has 0 aliphatic carbocycles. The summed E-state index contributed by atoms with van der Waals surface area (Å²) in [5.74, 6) is 1.13. The van der Waals surface area contributed by atoms with E-state index in [0.717, 1.165) is 23.7 Å². The van der Waals surface area contributed by atoms with E-state index < -0.39 is 11.7 Å². The lowest BCUT2D eigenvalue weighted by Crippen LogP contribution is -2.39. The van der Waals surface area contributed by atoms with Crippen molar-refractivity contribution in [3.05, 3.63) is 47.4 Å². The molecule has 1 aliphatic heterocycles. The third-order valence-electron chi connectivity index (χ3n) is 5.18. The van der Waals surface area contributed by atoms with Gasteiger partial charge in [0.1, 0.15) is 11.5 Å². The van der Waals surface area contributed by atoms with E-state index in [1.54, 1.807) is 0 Å². The first-order chi connectivity index (χ1) is 14.6. The van der Waals surface area contributed by atoms with Crippen LogP contribution in [-0.4, -0.2) is 49.7 Å². The van der Waals surface area contributed by atoms with Crippen molar-refractivity contribution in [1.82, 2.24) is 4.90 Å². The predicted octanol–water partition coefficient (Wildman–Crippen LogP) is 4.29. The molecule has 170 valence electrons. The van der Waals surface area contributed by atoms with Crippen molar-refractivity contribution in [3.63, 3.8) is 0 Å². The summed E-state index contributed by atoms with van der Waals surface area (Å²) in [6, 6.07) is 7.20. The Morgan fingerprint density at radius 1 is 1.19 bits per heavy atom. The van der Waals surface area contributed by atoms with Gasteiger partial charge in [0.25, 0.3) is 0 Å². The molecule has 2 heterocycles. The van der Waals surface area contributed by atoms with Gasteiger partial charge in [-0.3, -0.25) is 9.69 Å². The van der Waals surface area contributed by atoms with Crippen LogP contribution in [0, 0.1) is 6.92 Å². The first-order valence-electron chi connectivity index (χ1n) is 10.3. The van der Waals surface area contributed by atoms with Gasteiger partial charge in [0, 0.05) is 19.1 Å². The second kappa shape index (κ2) is 9.74. The molecule has 2 aromatic rings. The molecule has 31 heavy (non-hydrogen) atoms. The van der Waals surface area contributed by atoms with Crippen LogP contribution in [0.1, 0.15) is 30.9 Å².